The van der Waals surface area contributed by atoms with Crippen LogP contribution in [0.4, 0.5) is 0 Å². The summed E-state index contributed by atoms with van der Waals surface area (Å²) in [6.07, 6.45) is 0.843. The monoisotopic (exact) mass is 393 g/mol. The van der Waals surface area contributed by atoms with Crippen LogP contribution in [0.5, 0.6) is 0 Å². The third kappa shape index (κ3) is 3.37. The zero-order valence-corrected chi connectivity index (χ0v) is 15.3. The maximum atomic E-state index is 11.7. The second-order valence-corrected chi connectivity index (χ2v) is 6.71. The minimum Gasteiger partial charge on any atom is -0.469 e. The van der Waals surface area contributed by atoms with Crippen LogP contribution in [0.15, 0.2) is 28.7 Å². The van der Waals surface area contributed by atoms with E-state index in [4.69, 9.17) is 9.47 Å². The highest BCUT2D eigenvalue weighted by Crippen LogP contribution is 2.39. The number of methoxy groups -OCH3 is 1. The van der Waals surface area contributed by atoms with Crippen molar-refractivity contribution in [1.29, 1.82) is 0 Å². The van der Waals surface area contributed by atoms with Gasteiger partial charge in [0.15, 0.2) is 0 Å². The lowest BCUT2D eigenvalue weighted by Gasteiger charge is -2.29. The van der Waals surface area contributed by atoms with Gasteiger partial charge in [0.2, 0.25) is 0 Å². The number of esters is 1. The largest absolute Gasteiger partial charge is 0.469 e. The van der Waals surface area contributed by atoms with Gasteiger partial charge in [0, 0.05) is 23.5 Å². The Labute approximate surface area is 149 Å². The fourth-order valence-electron chi connectivity index (χ4n) is 3.13. The Morgan fingerprint density at radius 2 is 2.25 bits per heavy atom. The summed E-state index contributed by atoms with van der Waals surface area (Å²) >= 11 is 3.61. The van der Waals surface area contributed by atoms with Gasteiger partial charge >= 0.3 is 5.97 Å². The molecule has 24 heavy (non-hydrogen) atoms. The number of fused-ring (bicyclic) bond motifs is 1. The Morgan fingerprint density at radius 3 is 3.00 bits per heavy atom. The number of benzene rings is 1. The minimum atomic E-state index is -0.314. The molecule has 128 valence electrons. The van der Waals surface area contributed by atoms with Gasteiger partial charge in [0.05, 0.1) is 31.0 Å². The second-order valence-electron chi connectivity index (χ2n) is 5.85. The average Bonchev–Trinajstić information content (AvgIpc) is 2.95. The van der Waals surface area contributed by atoms with Crippen molar-refractivity contribution < 1.29 is 14.3 Å². The van der Waals surface area contributed by atoms with E-state index in [0.29, 0.717) is 12.3 Å². The predicted octanol–water partition coefficient (Wildman–Crippen LogP) is 3.02. The van der Waals surface area contributed by atoms with E-state index in [1.54, 1.807) is 0 Å². The highest BCUT2D eigenvalue weighted by atomic mass is 79.9. The first-order chi connectivity index (χ1) is 11.6. The lowest BCUT2D eigenvalue weighted by Crippen LogP contribution is -2.23. The molecule has 3 rings (SSSR count). The van der Waals surface area contributed by atoms with Crippen LogP contribution in [0.3, 0.4) is 0 Å². The van der Waals surface area contributed by atoms with Gasteiger partial charge in [-0.1, -0.05) is 46.3 Å². The SMILES string of the molecule is COC(=O)Cc1nnn2c1[C@H](C)[C@H](c1ccccc1Br)OCCC2. The second kappa shape index (κ2) is 7.44. The molecule has 0 fully saturated rings. The molecule has 0 amide bonds. The van der Waals surface area contributed by atoms with E-state index in [1.807, 2.05) is 22.9 Å². The van der Waals surface area contributed by atoms with Gasteiger partial charge in [-0.2, -0.15) is 0 Å². The van der Waals surface area contributed by atoms with E-state index < -0.39 is 0 Å². The molecule has 7 heteroatoms. The third-order valence-corrected chi connectivity index (χ3v) is 5.02. The Bertz CT molecular complexity index is 732. The smallest absolute Gasteiger partial charge is 0.311 e. The first kappa shape index (κ1) is 17.1. The summed E-state index contributed by atoms with van der Waals surface area (Å²) in [7, 11) is 1.38. The van der Waals surface area contributed by atoms with E-state index >= 15 is 0 Å². The lowest BCUT2D eigenvalue weighted by atomic mass is 9.92. The molecule has 0 unspecified atom stereocenters. The summed E-state index contributed by atoms with van der Waals surface area (Å²) in [4.78, 5) is 11.7. The molecule has 2 heterocycles. The molecule has 0 saturated carbocycles. The van der Waals surface area contributed by atoms with Gasteiger partial charge in [-0.15, -0.1) is 5.10 Å². The number of rotatable bonds is 3. The Morgan fingerprint density at radius 1 is 1.46 bits per heavy atom. The number of ether oxygens (including phenoxy) is 2. The summed E-state index contributed by atoms with van der Waals surface area (Å²) < 4.78 is 13.8. The molecule has 0 bridgehead atoms. The van der Waals surface area contributed by atoms with Crippen molar-refractivity contribution in [2.75, 3.05) is 13.7 Å². The van der Waals surface area contributed by atoms with Gasteiger partial charge < -0.3 is 9.47 Å². The molecule has 1 aliphatic heterocycles. The number of nitrogens with zero attached hydrogens (tertiary/aromatic N) is 3. The van der Waals surface area contributed by atoms with Crippen LogP contribution in [0, 0.1) is 0 Å². The number of hydrogen-bond donors (Lipinski definition) is 0. The fraction of sp³-hybridized carbons (Fsp3) is 0.471. The van der Waals surface area contributed by atoms with Crippen molar-refractivity contribution in [2.24, 2.45) is 0 Å². The maximum absolute atomic E-state index is 11.7. The van der Waals surface area contributed by atoms with Crippen molar-refractivity contribution in [3.8, 4) is 0 Å². The summed E-state index contributed by atoms with van der Waals surface area (Å²) in [5.74, 6) is -0.301. The molecule has 1 aromatic heterocycles. The van der Waals surface area contributed by atoms with Crippen LogP contribution < -0.4 is 0 Å². The fourth-order valence-corrected chi connectivity index (χ4v) is 3.64. The molecule has 2 aromatic rings. The summed E-state index contributed by atoms with van der Waals surface area (Å²) in [6, 6.07) is 8.05. The first-order valence-corrected chi connectivity index (χ1v) is 8.76. The van der Waals surface area contributed by atoms with Crippen LogP contribution in [0.25, 0.3) is 0 Å². The number of aromatic nitrogens is 3. The van der Waals surface area contributed by atoms with Gasteiger partial charge in [-0.25, -0.2) is 4.68 Å². The van der Waals surface area contributed by atoms with E-state index in [2.05, 4.69) is 39.2 Å². The Kier molecular flexibility index (Phi) is 5.30. The summed E-state index contributed by atoms with van der Waals surface area (Å²) in [5, 5.41) is 8.45. The predicted molar refractivity (Wildman–Crippen MR) is 91.6 cm³/mol. The zero-order chi connectivity index (χ0) is 17.1. The average molecular weight is 394 g/mol. The van der Waals surface area contributed by atoms with Crippen LogP contribution in [-0.4, -0.2) is 34.7 Å². The van der Waals surface area contributed by atoms with Crippen LogP contribution in [0.1, 0.15) is 42.3 Å². The molecule has 0 N–H and O–H groups in total. The highest BCUT2D eigenvalue weighted by Gasteiger charge is 2.31. The third-order valence-electron chi connectivity index (χ3n) is 4.30. The molecule has 0 aliphatic carbocycles. The molecular weight excluding hydrogens is 374 g/mol. The zero-order valence-electron chi connectivity index (χ0n) is 13.7. The van der Waals surface area contributed by atoms with E-state index in [-0.39, 0.29) is 24.4 Å². The van der Waals surface area contributed by atoms with Gasteiger partial charge in [-0.3, -0.25) is 4.79 Å². The summed E-state index contributed by atoms with van der Waals surface area (Å²) in [6.45, 7) is 3.48. The number of carbonyl (C=O) groups excluding carboxylic acids is 1. The van der Waals surface area contributed by atoms with Crippen molar-refractivity contribution in [1.82, 2.24) is 15.0 Å². The molecule has 0 spiro atoms. The van der Waals surface area contributed by atoms with Crippen molar-refractivity contribution in [3.05, 3.63) is 45.7 Å². The molecule has 0 radical (unpaired) electrons. The molecule has 1 aliphatic rings. The number of carbonyl (C=O) groups is 1. The van der Waals surface area contributed by atoms with E-state index in [9.17, 15) is 4.79 Å². The minimum absolute atomic E-state index is 0.0126. The van der Waals surface area contributed by atoms with Crippen molar-refractivity contribution >= 4 is 21.9 Å². The van der Waals surface area contributed by atoms with Crippen molar-refractivity contribution in [2.45, 2.75) is 38.3 Å². The Balaban J connectivity index is 2.00. The number of aryl methyl sites for hydroxylation is 1. The van der Waals surface area contributed by atoms with Crippen molar-refractivity contribution in [3.63, 3.8) is 0 Å². The van der Waals surface area contributed by atoms with Crippen LogP contribution in [0.2, 0.25) is 0 Å². The first-order valence-electron chi connectivity index (χ1n) is 7.97. The molecule has 1 aromatic carbocycles. The van der Waals surface area contributed by atoms with E-state index in [1.165, 1.54) is 7.11 Å². The molecule has 0 saturated heterocycles. The van der Waals surface area contributed by atoms with Gasteiger partial charge in [0.25, 0.3) is 0 Å². The van der Waals surface area contributed by atoms with Crippen LogP contribution >= 0.6 is 15.9 Å². The van der Waals surface area contributed by atoms with Crippen LogP contribution in [-0.2, 0) is 27.2 Å². The molecule has 6 nitrogen and oxygen atoms in total. The normalized spacial score (nSPS) is 20.8. The standard InChI is InChI=1S/C17H20BrN3O3/c1-11-16-14(10-15(22)23-2)19-20-21(16)8-5-9-24-17(11)12-6-3-4-7-13(12)18/h3-4,6-7,11,17H,5,8-10H2,1-2H3/t11-,17+/m0/s1. The molecule has 2 atom stereocenters. The summed E-state index contributed by atoms with van der Waals surface area (Å²) in [5.41, 5.74) is 2.70. The van der Waals surface area contributed by atoms with E-state index in [0.717, 1.165) is 28.7 Å². The quantitative estimate of drug-likeness (QED) is 0.749. The highest BCUT2D eigenvalue weighted by molar-refractivity contribution is 9.10. The van der Waals surface area contributed by atoms with Gasteiger partial charge in [-0.05, 0) is 18.1 Å². The molecular formula is C17H20BrN3O3. The van der Waals surface area contributed by atoms with Gasteiger partial charge in [0.1, 0.15) is 0 Å². The Hall–Kier alpha value is -1.73. The number of halogens is 1. The topological polar surface area (TPSA) is 66.2 Å². The number of hydrogen-bond acceptors (Lipinski definition) is 5. The maximum Gasteiger partial charge on any atom is 0.311 e. The lowest BCUT2D eigenvalue weighted by molar-refractivity contribution is -0.139.